The third kappa shape index (κ3) is 5.88. The zero-order chi connectivity index (χ0) is 31.9. The summed E-state index contributed by atoms with van der Waals surface area (Å²) in [4.78, 5) is 16.1. The normalized spacial score (nSPS) is 20.0. The van der Waals surface area contributed by atoms with E-state index in [2.05, 4.69) is 170 Å². The van der Waals surface area contributed by atoms with Gasteiger partial charge in [-0.1, -0.05) is 0 Å². The average Bonchev–Trinajstić information content (AvgIpc) is 3.98. The molecule has 0 unspecified atom stereocenters. The topological polar surface area (TPSA) is 40.6 Å². The minimum atomic E-state index is -1.53. The van der Waals surface area contributed by atoms with Gasteiger partial charge in [0, 0.05) is 0 Å². The van der Waals surface area contributed by atoms with Gasteiger partial charge in [-0.05, 0) is 0 Å². The Balaban J connectivity index is 0.00000348. The minimum Gasteiger partial charge on any atom is 2.00 e. The van der Waals surface area contributed by atoms with Crippen LogP contribution in [0.4, 0.5) is 0 Å². The van der Waals surface area contributed by atoms with Crippen molar-refractivity contribution in [2.75, 3.05) is 0 Å². The number of rotatable bonds is 4. The number of benzene rings is 4. The second-order valence-electron chi connectivity index (χ2n) is 12.0. The summed E-state index contributed by atoms with van der Waals surface area (Å²) in [5, 5.41) is 1.93. The number of hydrogen-bond acceptors (Lipinski definition) is 1. The van der Waals surface area contributed by atoms with E-state index in [1.807, 2.05) is 0 Å². The summed E-state index contributed by atoms with van der Waals surface area (Å²) in [6.45, 7) is 0. The van der Waals surface area contributed by atoms with Crippen LogP contribution in [0.3, 0.4) is 0 Å². The molecule has 231 valence electrons. The Labute approximate surface area is 306 Å². The molecule has 9 rings (SSSR count). The molecule has 6 aromatic rings. The molecule has 4 aromatic carbocycles. The fourth-order valence-electron chi connectivity index (χ4n) is 6.87. The molecule has 3 aliphatic rings. The van der Waals surface area contributed by atoms with Gasteiger partial charge in [-0.15, -0.1) is 0 Å². The molecule has 0 N–H and O–H groups in total. The summed E-state index contributed by atoms with van der Waals surface area (Å²) in [5.74, 6) is 0. The molecule has 2 aromatic heterocycles. The fraction of sp³-hybridized carbons (Fsp3) is 0. The van der Waals surface area contributed by atoms with Gasteiger partial charge in [0.05, 0.1) is 0 Å². The zero-order valence-corrected chi connectivity index (χ0v) is 30.8. The molecule has 5 heteroatoms. The van der Waals surface area contributed by atoms with Crippen LogP contribution in [0.1, 0.15) is 33.6 Å². The Hall–Kier alpha value is -4.94. The van der Waals surface area contributed by atoms with E-state index < -0.39 is 22.4 Å². The van der Waals surface area contributed by atoms with Gasteiger partial charge in [0.15, 0.2) is 0 Å². The van der Waals surface area contributed by atoms with Gasteiger partial charge in [-0.25, -0.2) is 0 Å². The number of fused-ring (bicyclic) bond motifs is 6. The largest absolute Gasteiger partial charge is 2.00 e. The van der Waals surface area contributed by atoms with Gasteiger partial charge in [0.1, 0.15) is 0 Å². The summed E-state index contributed by atoms with van der Waals surface area (Å²) >= 11 is -1.53. The second kappa shape index (κ2) is 13.5. The predicted molar refractivity (Wildman–Crippen MR) is 198 cm³/mol. The van der Waals surface area contributed by atoms with Crippen LogP contribution in [0.15, 0.2) is 184 Å². The summed E-state index contributed by atoms with van der Waals surface area (Å²) in [6.07, 6.45) is 8.97. The standard InChI is InChI=1S/C44H28N3.Co.In/c1-5-15-31(16-6-1)35-23-13-14-24-36(32-17-7-2-8-18-32)38-26-28-40(46-38)44(34-21-11-4-12-22-34)42-30-29-41(47-42)43(33-19-9-3-10-20-33)39-27-25-37(35)45-39;;/h1-22,25-30H;;/q-2;+2;/b14-13?,35-23?,38-36+,43-41-,44-40-;;. The van der Waals surface area contributed by atoms with E-state index in [-0.39, 0.29) is 16.8 Å². The fourth-order valence-corrected chi connectivity index (χ4v) is 11.5. The Morgan fingerprint density at radius 3 is 1.49 bits per heavy atom. The van der Waals surface area contributed by atoms with Crippen LogP contribution in [0.2, 0.25) is 0 Å². The van der Waals surface area contributed by atoms with Gasteiger partial charge in [-0.3, -0.25) is 0 Å². The van der Waals surface area contributed by atoms with Crippen LogP contribution in [-0.4, -0.2) is 31.4 Å². The van der Waals surface area contributed by atoms with Crippen molar-refractivity contribution in [2.24, 2.45) is 4.99 Å². The van der Waals surface area contributed by atoms with E-state index in [1.54, 1.807) is 0 Å². The van der Waals surface area contributed by atoms with Gasteiger partial charge in [0.25, 0.3) is 0 Å². The molecule has 0 saturated carbocycles. The van der Waals surface area contributed by atoms with Crippen molar-refractivity contribution in [3.8, 4) is 0 Å². The first-order valence-electron chi connectivity index (χ1n) is 16.2. The van der Waals surface area contributed by atoms with E-state index in [1.165, 1.54) is 28.9 Å². The van der Waals surface area contributed by atoms with Crippen LogP contribution >= 0.6 is 0 Å². The summed E-state index contributed by atoms with van der Waals surface area (Å²) < 4.78 is 2.85. The van der Waals surface area contributed by atoms with Crippen LogP contribution in [0.5, 0.6) is 0 Å². The molecule has 3 nitrogen and oxygen atoms in total. The van der Waals surface area contributed by atoms with Crippen molar-refractivity contribution in [1.29, 1.82) is 0 Å². The number of nitrogens with zero attached hydrogens (tertiary/aromatic N) is 3. The van der Waals surface area contributed by atoms with Gasteiger partial charge >= 0.3 is 309 Å². The molecule has 5 heterocycles. The molecule has 0 atom stereocenters. The molecule has 1 radical (unpaired) electrons. The maximum atomic E-state index is 5.40. The molecular formula is C44H28CoInN3. The van der Waals surface area contributed by atoms with Crippen LogP contribution in [0.25, 0.3) is 22.3 Å². The predicted octanol–water partition coefficient (Wildman–Crippen LogP) is 6.69. The SMILES string of the molecule is C1=C/C2=C(\c3ccccc3)c3ccc([n-]3)/C(c3ccccc3)=[C]3/C=C[C](=[In]3)/C(c3ccccc3)=c3/cc/c([n-]3)=C(\c3ccccc3)C1=N2.[Co+2]. The van der Waals surface area contributed by atoms with Crippen LogP contribution in [-0.2, 0) is 16.8 Å². The number of aromatic nitrogens is 2. The number of hydrogen-bond donors (Lipinski definition) is 0. The molecule has 0 aliphatic carbocycles. The second-order valence-corrected chi connectivity index (χ2v) is 16.4. The van der Waals surface area contributed by atoms with Gasteiger partial charge in [0.2, 0.25) is 0 Å². The van der Waals surface area contributed by atoms with E-state index >= 15 is 0 Å². The molecule has 3 aliphatic heterocycles. The molecule has 8 bridgehead atoms. The zero-order valence-electron chi connectivity index (χ0n) is 26.4. The van der Waals surface area contributed by atoms with Crippen molar-refractivity contribution in [1.82, 2.24) is 9.97 Å². The first-order valence-corrected chi connectivity index (χ1v) is 19.5. The Kier molecular flexibility index (Phi) is 8.64. The smallest absolute Gasteiger partial charge is 2.00 e. The minimum absolute atomic E-state index is 0. The average molecular weight is 772 g/mol. The van der Waals surface area contributed by atoms with Crippen molar-refractivity contribution in [2.45, 2.75) is 0 Å². The molecule has 0 fully saturated rings. The van der Waals surface area contributed by atoms with Gasteiger partial charge < -0.3 is 0 Å². The Bertz CT molecular complexity index is 2340. The van der Waals surface area contributed by atoms with E-state index in [0.717, 1.165) is 55.8 Å². The first kappa shape index (κ1) is 31.3. The van der Waals surface area contributed by atoms with Gasteiger partial charge in [-0.2, -0.15) is 0 Å². The molecule has 49 heavy (non-hydrogen) atoms. The summed E-state index contributed by atoms with van der Waals surface area (Å²) in [5.41, 5.74) is 12.8. The quantitative estimate of drug-likeness (QED) is 0.201. The van der Waals surface area contributed by atoms with Crippen molar-refractivity contribution < 1.29 is 16.8 Å². The maximum Gasteiger partial charge on any atom is 2.00 e. The van der Waals surface area contributed by atoms with E-state index in [4.69, 9.17) is 15.0 Å². The molecule has 0 amide bonds. The molecule has 0 spiro atoms. The Morgan fingerprint density at radius 1 is 0.408 bits per heavy atom. The monoisotopic (exact) mass is 772 g/mol. The van der Waals surface area contributed by atoms with E-state index in [9.17, 15) is 0 Å². The van der Waals surface area contributed by atoms with Crippen molar-refractivity contribution in [3.63, 3.8) is 0 Å². The van der Waals surface area contributed by atoms with Crippen molar-refractivity contribution in [3.05, 3.63) is 223 Å². The van der Waals surface area contributed by atoms with Crippen LogP contribution in [0, 0.1) is 0 Å². The first-order chi connectivity index (χ1) is 23.8. The maximum absolute atomic E-state index is 5.40. The third-order valence-electron chi connectivity index (χ3n) is 9.04. The van der Waals surface area contributed by atoms with E-state index in [0.29, 0.717) is 0 Å². The van der Waals surface area contributed by atoms with Crippen molar-refractivity contribution >= 4 is 53.7 Å². The molecular weight excluding hydrogens is 744 g/mol. The molecule has 0 saturated heterocycles. The number of aliphatic imine (C=N–C) groups is 1. The van der Waals surface area contributed by atoms with Crippen LogP contribution < -0.4 is 20.7 Å². The third-order valence-corrected chi connectivity index (χ3v) is 13.6. The summed E-state index contributed by atoms with van der Waals surface area (Å²) in [6, 6.07) is 51.3. The summed E-state index contributed by atoms with van der Waals surface area (Å²) in [7, 11) is 0. The number of allylic oxidation sites excluding steroid dienone is 5. The Morgan fingerprint density at radius 2 is 0.898 bits per heavy atom.